The van der Waals surface area contributed by atoms with Crippen molar-refractivity contribution in [2.45, 2.75) is 31.8 Å². The van der Waals surface area contributed by atoms with E-state index >= 15 is 0 Å². The van der Waals surface area contributed by atoms with Crippen LogP contribution in [0.5, 0.6) is 0 Å². The van der Waals surface area contributed by atoms with Gasteiger partial charge in [0.2, 0.25) is 0 Å². The number of hydrogen-bond acceptors (Lipinski definition) is 3. The summed E-state index contributed by atoms with van der Waals surface area (Å²) >= 11 is 3.57. The van der Waals surface area contributed by atoms with Crippen LogP contribution in [-0.4, -0.2) is 25.9 Å². The van der Waals surface area contributed by atoms with Crippen LogP contribution in [0, 0.1) is 0 Å². The topological polar surface area (TPSA) is 17.1 Å². The van der Waals surface area contributed by atoms with Gasteiger partial charge in [0.1, 0.15) is 0 Å². The lowest BCUT2D eigenvalue weighted by molar-refractivity contribution is -0.114. The van der Waals surface area contributed by atoms with Gasteiger partial charge in [-0.05, 0) is 22.4 Å². The molecule has 0 aliphatic rings. The van der Waals surface area contributed by atoms with Crippen molar-refractivity contribution < 1.29 is 4.79 Å². The number of benzene rings is 1. The predicted octanol–water partition coefficient (Wildman–Crippen LogP) is 5.00. The number of allylic oxidation sites excluding steroid dienone is 1. The maximum absolute atomic E-state index is 12.0. The third-order valence-corrected chi connectivity index (χ3v) is 8.23. The Morgan fingerprint density at radius 1 is 1.20 bits per heavy atom. The van der Waals surface area contributed by atoms with Gasteiger partial charge in [0.05, 0.1) is 8.07 Å². The Bertz CT molecular complexity index is 449. The van der Waals surface area contributed by atoms with Crippen LogP contribution in [-0.2, 0) is 10.5 Å². The second-order valence-electron chi connectivity index (χ2n) is 5.74. The summed E-state index contributed by atoms with van der Waals surface area (Å²) in [7, 11) is -1.45. The minimum absolute atomic E-state index is 0.275. The minimum atomic E-state index is -1.45. The molecule has 0 atom stereocenters. The van der Waals surface area contributed by atoms with Gasteiger partial charge in [-0.3, -0.25) is 4.79 Å². The first-order chi connectivity index (χ1) is 9.43. The van der Waals surface area contributed by atoms with E-state index < -0.39 is 8.07 Å². The number of carbonyl (C=O) groups is 1. The highest BCUT2D eigenvalue weighted by atomic mass is 32.2. The summed E-state index contributed by atoms with van der Waals surface area (Å²) < 4.78 is 1.31. The molecule has 0 aliphatic heterocycles. The summed E-state index contributed by atoms with van der Waals surface area (Å²) in [6.45, 7) is 6.91. The molecule has 1 nitrogen and oxygen atoms in total. The van der Waals surface area contributed by atoms with Crippen LogP contribution in [0.1, 0.15) is 12.0 Å². The maximum Gasteiger partial charge on any atom is 0.156 e. The molecule has 0 heterocycles. The summed E-state index contributed by atoms with van der Waals surface area (Å²) in [5, 5.41) is 0. The zero-order valence-corrected chi connectivity index (χ0v) is 15.4. The maximum atomic E-state index is 12.0. The van der Waals surface area contributed by atoms with Crippen LogP contribution in [0.4, 0.5) is 0 Å². The van der Waals surface area contributed by atoms with E-state index in [2.05, 4.69) is 43.9 Å². The molecule has 0 spiro atoms. The number of carbonyl (C=O) groups excluding carboxylic acids is 1. The lowest BCUT2D eigenvalue weighted by atomic mass is 10.2. The van der Waals surface area contributed by atoms with Gasteiger partial charge in [-0.25, -0.2) is 0 Å². The van der Waals surface area contributed by atoms with Crippen molar-refractivity contribution in [3.05, 3.63) is 46.5 Å². The largest absolute Gasteiger partial charge is 0.295 e. The molecule has 1 aromatic carbocycles. The fourth-order valence-electron chi connectivity index (χ4n) is 1.63. The number of thioether (sulfide) groups is 2. The summed E-state index contributed by atoms with van der Waals surface area (Å²) in [6.07, 6.45) is 4.61. The molecule has 0 saturated carbocycles. The smallest absolute Gasteiger partial charge is 0.156 e. The molecule has 4 heteroatoms. The molecule has 0 bridgehead atoms. The molecule has 110 valence electrons. The van der Waals surface area contributed by atoms with E-state index in [0.29, 0.717) is 6.42 Å². The predicted molar refractivity (Wildman–Crippen MR) is 97.2 cm³/mol. The van der Waals surface area contributed by atoms with Crippen molar-refractivity contribution in [1.82, 2.24) is 0 Å². The molecule has 0 saturated heterocycles. The first kappa shape index (κ1) is 17.6. The molecule has 0 amide bonds. The highest BCUT2D eigenvalue weighted by Gasteiger charge is 2.21. The van der Waals surface area contributed by atoms with Gasteiger partial charge < -0.3 is 0 Å². The average molecular weight is 325 g/mol. The summed E-state index contributed by atoms with van der Waals surface area (Å²) in [4.78, 5) is 12.0. The molecular formula is C16H24OS2Si. The molecule has 0 radical (unpaired) electrons. The highest BCUT2D eigenvalue weighted by molar-refractivity contribution is 8.04. The van der Waals surface area contributed by atoms with E-state index in [4.69, 9.17) is 0 Å². The number of hydrogen-bond donors (Lipinski definition) is 0. The average Bonchev–Trinajstić information content (AvgIpc) is 2.41. The Balaban J connectivity index is 2.70. The van der Waals surface area contributed by atoms with Gasteiger partial charge in [-0.2, -0.15) is 11.8 Å². The Morgan fingerprint density at radius 3 is 2.40 bits per heavy atom. The second kappa shape index (κ2) is 8.75. The summed E-state index contributed by atoms with van der Waals surface area (Å²) in [5.41, 5.74) is 1.32. The number of ketones is 1. The van der Waals surface area contributed by atoms with Crippen molar-refractivity contribution in [2.24, 2.45) is 0 Å². The van der Waals surface area contributed by atoms with Gasteiger partial charge in [0.15, 0.2) is 5.78 Å². The van der Waals surface area contributed by atoms with Crippen molar-refractivity contribution >= 4 is 37.4 Å². The minimum Gasteiger partial charge on any atom is -0.295 e. The van der Waals surface area contributed by atoms with Crippen LogP contribution in [0.3, 0.4) is 0 Å². The van der Waals surface area contributed by atoms with E-state index in [-0.39, 0.29) is 5.78 Å². The molecule has 1 aromatic rings. The molecule has 0 N–H and O–H groups in total. The molecule has 0 aliphatic carbocycles. The van der Waals surface area contributed by atoms with Gasteiger partial charge >= 0.3 is 0 Å². The number of rotatable bonds is 8. The van der Waals surface area contributed by atoms with Gasteiger partial charge in [-0.1, -0.05) is 50.0 Å². The van der Waals surface area contributed by atoms with E-state index in [9.17, 15) is 4.79 Å². The monoisotopic (exact) mass is 324 g/mol. The molecule has 0 aromatic heterocycles. The normalized spacial score (nSPS) is 12.5. The van der Waals surface area contributed by atoms with Crippen LogP contribution in [0.2, 0.25) is 19.6 Å². The molecular weight excluding hydrogens is 300 g/mol. The zero-order valence-electron chi connectivity index (χ0n) is 12.8. The summed E-state index contributed by atoms with van der Waals surface area (Å²) in [5.74, 6) is 2.14. The van der Waals surface area contributed by atoms with E-state index in [0.717, 1.165) is 11.5 Å². The van der Waals surface area contributed by atoms with Crippen molar-refractivity contribution in [2.75, 3.05) is 12.0 Å². The Hall–Kier alpha value is -0.453. The lowest BCUT2D eigenvalue weighted by Crippen LogP contribution is -2.23. The lowest BCUT2D eigenvalue weighted by Gasteiger charge is -2.20. The first-order valence-electron chi connectivity index (χ1n) is 6.84. The van der Waals surface area contributed by atoms with E-state index in [1.807, 2.05) is 30.2 Å². The van der Waals surface area contributed by atoms with Gasteiger partial charge in [0, 0.05) is 17.9 Å². The van der Waals surface area contributed by atoms with E-state index in [1.165, 1.54) is 10.1 Å². The van der Waals surface area contributed by atoms with Gasteiger partial charge in [-0.15, -0.1) is 11.8 Å². The van der Waals surface area contributed by atoms with Crippen LogP contribution < -0.4 is 0 Å². The standard InChI is InChI=1S/C16H24OS2Si/c1-18-11-10-15(17)12-16(20(2,3)4)19-13-14-8-6-5-7-9-14/h5-9,12H,10-11,13H2,1-4H3/b16-12-. The Labute approximate surface area is 132 Å². The SMILES string of the molecule is CSCCC(=O)/C=C(/SCc1ccccc1)[Si](C)(C)C. The van der Waals surface area contributed by atoms with Crippen molar-refractivity contribution in [3.8, 4) is 0 Å². The first-order valence-corrected chi connectivity index (χ1v) is 12.7. The Kier molecular flexibility index (Phi) is 7.70. The molecule has 0 fully saturated rings. The zero-order chi connectivity index (χ0) is 15.0. The molecule has 1 rings (SSSR count). The Morgan fingerprint density at radius 2 is 1.85 bits per heavy atom. The van der Waals surface area contributed by atoms with Crippen LogP contribution in [0.25, 0.3) is 0 Å². The third-order valence-electron chi connectivity index (χ3n) is 2.82. The quantitative estimate of drug-likeness (QED) is 0.494. The third kappa shape index (κ3) is 6.82. The summed E-state index contributed by atoms with van der Waals surface area (Å²) in [6, 6.07) is 10.5. The second-order valence-corrected chi connectivity index (χ2v) is 13.1. The fourth-order valence-corrected chi connectivity index (χ4v) is 5.31. The fraction of sp³-hybridized carbons (Fsp3) is 0.438. The van der Waals surface area contributed by atoms with Gasteiger partial charge in [0.25, 0.3) is 0 Å². The van der Waals surface area contributed by atoms with Crippen LogP contribution >= 0.6 is 23.5 Å². The van der Waals surface area contributed by atoms with Crippen molar-refractivity contribution in [3.63, 3.8) is 0 Å². The molecule has 0 unspecified atom stereocenters. The van der Waals surface area contributed by atoms with Crippen LogP contribution in [0.15, 0.2) is 40.9 Å². The molecule has 20 heavy (non-hydrogen) atoms. The van der Waals surface area contributed by atoms with E-state index in [1.54, 1.807) is 11.8 Å². The highest BCUT2D eigenvalue weighted by Crippen LogP contribution is 2.29. The van der Waals surface area contributed by atoms with Crippen molar-refractivity contribution in [1.29, 1.82) is 0 Å².